The molecule has 1 aromatic rings. The minimum Gasteiger partial charge on any atom is -0.314 e. The first kappa shape index (κ1) is 22.7. The molecule has 23 heavy (non-hydrogen) atoms. The Morgan fingerprint density at radius 2 is 1.39 bits per heavy atom. The third-order valence-corrected chi connectivity index (χ3v) is 4.60. The summed E-state index contributed by atoms with van der Waals surface area (Å²) in [5.41, 5.74) is 2.95. The van der Waals surface area contributed by atoms with E-state index in [1.807, 2.05) is 0 Å². The number of rotatable bonds is 6. The SMILES string of the molecule is CC(C)CC[C@H](c1ccc(C(C)C)cc1)N1CCNCC1.Cl.Cl. The van der Waals surface area contributed by atoms with Crippen molar-refractivity contribution in [3.63, 3.8) is 0 Å². The third kappa shape index (κ3) is 7.01. The Bertz CT molecular complexity index is 412. The fourth-order valence-corrected chi connectivity index (χ4v) is 3.15. The molecule has 1 aromatic carbocycles. The standard InChI is InChI=1S/C19H32N2.2ClH/c1-15(2)5-10-19(21-13-11-20-12-14-21)18-8-6-17(7-9-18)16(3)4;;/h6-9,15-16,19-20H,5,10-14H2,1-4H3;2*1H/t19-;;/m1../s1. The van der Waals surface area contributed by atoms with Crippen LogP contribution in [0.1, 0.15) is 63.6 Å². The number of hydrogen-bond donors (Lipinski definition) is 1. The van der Waals surface area contributed by atoms with E-state index < -0.39 is 0 Å². The van der Waals surface area contributed by atoms with Crippen molar-refractivity contribution in [3.05, 3.63) is 35.4 Å². The van der Waals surface area contributed by atoms with Crippen molar-refractivity contribution in [1.29, 1.82) is 0 Å². The van der Waals surface area contributed by atoms with Gasteiger partial charge in [-0.2, -0.15) is 0 Å². The van der Waals surface area contributed by atoms with Crippen LogP contribution in [-0.2, 0) is 0 Å². The van der Waals surface area contributed by atoms with Gasteiger partial charge in [-0.25, -0.2) is 0 Å². The molecule has 1 aliphatic heterocycles. The van der Waals surface area contributed by atoms with Gasteiger partial charge in [-0.3, -0.25) is 4.90 Å². The molecule has 1 N–H and O–H groups in total. The van der Waals surface area contributed by atoms with Gasteiger partial charge < -0.3 is 5.32 Å². The Morgan fingerprint density at radius 3 is 1.87 bits per heavy atom. The quantitative estimate of drug-likeness (QED) is 0.764. The first-order valence-corrected chi connectivity index (χ1v) is 8.62. The fourth-order valence-electron chi connectivity index (χ4n) is 3.15. The highest BCUT2D eigenvalue weighted by Crippen LogP contribution is 2.29. The van der Waals surface area contributed by atoms with Crippen molar-refractivity contribution in [2.75, 3.05) is 26.2 Å². The highest BCUT2D eigenvalue weighted by molar-refractivity contribution is 5.85. The van der Waals surface area contributed by atoms with E-state index in [1.54, 1.807) is 0 Å². The summed E-state index contributed by atoms with van der Waals surface area (Å²) in [6, 6.07) is 9.97. The van der Waals surface area contributed by atoms with Gasteiger partial charge in [0, 0.05) is 32.2 Å². The van der Waals surface area contributed by atoms with Crippen LogP contribution in [0.2, 0.25) is 0 Å². The molecule has 2 rings (SSSR count). The van der Waals surface area contributed by atoms with Crippen LogP contribution in [0.3, 0.4) is 0 Å². The average Bonchev–Trinajstić information content (AvgIpc) is 2.49. The van der Waals surface area contributed by atoms with Crippen LogP contribution in [0.25, 0.3) is 0 Å². The maximum atomic E-state index is 3.47. The van der Waals surface area contributed by atoms with Crippen LogP contribution in [0, 0.1) is 5.92 Å². The van der Waals surface area contributed by atoms with Gasteiger partial charge in [-0.05, 0) is 35.8 Å². The zero-order valence-corrected chi connectivity index (χ0v) is 16.7. The Balaban J connectivity index is 0.00000242. The van der Waals surface area contributed by atoms with E-state index in [2.05, 4.69) is 62.2 Å². The maximum Gasteiger partial charge on any atom is 0.0349 e. The lowest BCUT2D eigenvalue weighted by molar-refractivity contribution is 0.160. The minimum absolute atomic E-state index is 0. The molecule has 1 fully saturated rings. The Hall–Kier alpha value is -0.280. The molecule has 0 unspecified atom stereocenters. The Labute approximate surface area is 155 Å². The van der Waals surface area contributed by atoms with Crippen LogP contribution in [0.5, 0.6) is 0 Å². The first-order valence-electron chi connectivity index (χ1n) is 8.62. The van der Waals surface area contributed by atoms with Gasteiger partial charge in [0.2, 0.25) is 0 Å². The molecule has 0 radical (unpaired) electrons. The summed E-state index contributed by atoms with van der Waals surface area (Å²) < 4.78 is 0. The number of halogens is 2. The normalized spacial score (nSPS) is 16.8. The number of nitrogens with zero attached hydrogens (tertiary/aromatic N) is 1. The summed E-state index contributed by atoms with van der Waals surface area (Å²) in [5.74, 6) is 1.40. The molecule has 1 heterocycles. The second-order valence-electron chi connectivity index (χ2n) is 7.09. The summed E-state index contributed by atoms with van der Waals surface area (Å²) >= 11 is 0. The molecular weight excluding hydrogens is 327 g/mol. The highest BCUT2D eigenvalue weighted by Gasteiger charge is 2.22. The predicted octanol–water partition coefficient (Wildman–Crippen LogP) is 5.04. The van der Waals surface area contributed by atoms with Crippen molar-refractivity contribution in [2.24, 2.45) is 5.92 Å². The van der Waals surface area contributed by atoms with Crippen molar-refractivity contribution >= 4 is 24.8 Å². The van der Waals surface area contributed by atoms with Gasteiger partial charge in [-0.15, -0.1) is 24.8 Å². The minimum atomic E-state index is 0. The average molecular weight is 361 g/mol. The molecule has 1 atom stereocenters. The van der Waals surface area contributed by atoms with Crippen LogP contribution in [0.15, 0.2) is 24.3 Å². The van der Waals surface area contributed by atoms with Gasteiger partial charge in [0.1, 0.15) is 0 Å². The van der Waals surface area contributed by atoms with E-state index in [-0.39, 0.29) is 24.8 Å². The number of piperazine rings is 1. The maximum absolute atomic E-state index is 3.47. The number of benzene rings is 1. The number of hydrogen-bond acceptors (Lipinski definition) is 2. The zero-order valence-electron chi connectivity index (χ0n) is 15.0. The van der Waals surface area contributed by atoms with Crippen LogP contribution >= 0.6 is 24.8 Å². The molecule has 0 aromatic heterocycles. The first-order chi connectivity index (χ1) is 10.1. The van der Waals surface area contributed by atoms with Gasteiger partial charge in [0.15, 0.2) is 0 Å². The van der Waals surface area contributed by atoms with E-state index in [0.717, 1.165) is 19.0 Å². The Morgan fingerprint density at radius 1 is 0.870 bits per heavy atom. The van der Waals surface area contributed by atoms with Crippen molar-refractivity contribution < 1.29 is 0 Å². The van der Waals surface area contributed by atoms with Crippen molar-refractivity contribution in [1.82, 2.24) is 10.2 Å². The van der Waals surface area contributed by atoms with Crippen molar-refractivity contribution in [2.45, 2.75) is 52.5 Å². The second-order valence-corrected chi connectivity index (χ2v) is 7.09. The second kappa shape index (κ2) is 11.3. The Kier molecular flexibility index (Phi) is 11.2. The number of nitrogens with one attached hydrogen (secondary N) is 1. The van der Waals surface area contributed by atoms with Crippen LogP contribution < -0.4 is 5.32 Å². The summed E-state index contributed by atoms with van der Waals surface area (Å²) in [6.07, 6.45) is 2.58. The van der Waals surface area contributed by atoms with Gasteiger partial charge in [0.05, 0.1) is 0 Å². The molecule has 2 nitrogen and oxygen atoms in total. The molecule has 1 aliphatic rings. The highest BCUT2D eigenvalue weighted by atomic mass is 35.5. The topological polar surface area (TPSA) is 15.3 Å². The summed E-state index contributed by atoms with van der Waals surface area (Å²) in [5, 5.41) is 3.47. The van der Waals surface area contributed by atoms with E-state index >= 15 is 0 Å². The van der Waals surface area contributed by atoms with Gasteiger partial charge >= 0.3 is 0 Å². The molecule has 0 saturated carbocycles. The summed E-state index contributed by atoms with van der Waals surface area (Å²) in [6.45, 7) is 13.8. The molecule has 0 spiro atoms. The molecule has 4 heteroatoms. The molecular formula is C19H34Cl2N2. The predicted molar refractivity (Wildman–Crippen MR) is 106 cm³/mol. The summed E-state index contributed by atoms with van der Waals surface area (Å²) in [4.78, 5) is 2.67. The smallest absolute Gasteiger partial charge is 0.0349 e. The lowest BCUT2D eigenvalue weighted by atomic mass is 9.93. The summed E-state index contributed by atoms with van der Waals surface area (Å²) in [7, 11) is 0. The van der Waals surface area contributed by atoms with Crippen LogP contribution in [0.4, 0.5) is 0 Å². The largest absolute Gasteiger partial charge is 0.314 e. The van der Waals surface area contributed by atoms with Crippen molar-refractivity contribution in [3.8, 4) is 0 Å². The van der Waals surface area contributed by atoms with E-state index in [1.165, 1.54) is 37.1 Å². The van der Waals surface area contributed by atoms with E-state index in [9.17, 15) is 0 Å². The molecule has 0 aliphatic carbocycles. The van der Waals surface area contributed by atoms with Gasteiger partial charge in [0.25, 0.3) is 0 Å². The third-order valence-electron chi connectivity index (χ3n) is 4.60. The van der Waals surface area contributed by atoms with Crippen LogP contribution in [-0.4, -0.2) is 31.1 Å². The molecule has 1 saturated heterocycles. The fraction of sp³-hybridized carbons (Fsp3) is 0.684. The van der Waals surface area contributed by atoms with Gasteiger partial charge in [-0.1, -0.05) is 52.0 Å². The zero-order chi connectivity index (χ0) is 15.2. The molecule has 0 bridgehead atoms. The lowest BCUT2D eigenvalue weighted by Gasteiger charge is -2.35. The lowest BCUT2D eigenvalue weighted by Crippen LogP contribution is -2.45. The van der Waals surface area contributed by atoms with E-state index in [0.29, 0.717) is 12.0 Å². The molecule has 134 valence electrons. The monoisotopic (exact) mass is 360 g/mol. The van der Waals surface area contributed by atoms with E-state index in [4.69, 9.17) is 0 Å². The molecule has 0 amide bonds.